The Morgan fingerprint density at radius 1 is 0.812 bits per heavy atom. The van der Waals surface area contributed by atoms with Gasteiger partial charge in [0.2, 0.25) is 29.5 Å². The molecule has 5 atom stereocenters. The molecule has 0 bridgehead atoms. The summed E-state index contributed by atoms with van der Waals surface area (Å²) in [6.45, 7) is 0.237. The molecule has 5 amide bonds. The number of hydrogen-bond acceptors (Lipinski definition) is 9. The monoisotopic (exact) mass is 462 g/mol. The molecule has 0 spiro atoms. The summed E-state index contributed by atoms with van der Waals surface area (Å²) in [6, 6.07) is -5.96. The fourth-order valence-corrected chi connectivity index (χ4v) is 2.37. The van der Waals surface area contributed by atoms with Crippen LogP contribution in [-0.4, -0.2) is 87.7 Å². The van der Waals surface area contributed by atoms with Crippen LogP contribution in [0, 0.1) is 0 Å². The minimum absolute atomic E-state index is 0.110. The maximum Gasteiger partial charge on any atom is 0.326 e. The molecule has 12 N–H and O–H groups in total. The van der Waals surface area contributed by atoms with Crippen LogP contribution in [-0.2, 0) is 28.8 Å². The van der Waals surface area contributed by atoms with Crippen molar-refractivity contribution in [3.63, 3.8) is 0 Å². The number of carbonyl (C=O) groups excluding carboxylic acids is 5. The second-order valence-corrected chi connectivity index (χ2v) is 6.99. The van der Waals surface area contributed by atoms with E-state index in [4.69, 9.17) is 22.3 Å². The van der Waals surface area contributed by atoms with E-state index >= 15 is 0 Å². The van der Waals surface area contributed by atoms with Crippen LogP contribution < -0.4 is 33.2 Å². The van der Waals surface area contributed by atoms with E-state index in [1.165, 1.54) is 0 Å². The first kappa shape index (κ1) is 28.7. The third kappa shape index (κ3) is 10.6. The van der Waals surface area contributed by atoms with Gasteiger partial charge in [0.25, 0.3) is 0 Å². The van der Waals surface area contributed by atoms with Gasteiger partial charge >= 0.3 is 5.97 Å². The Morgan fingerprint density at radius 3 is 1.75 bits per heavy atom. The number of amides is 5. The van der Waals surface area contributed by atoms with Gasteiger partial charge in [0.15, 0.2) is 0 Å². The first-order valence-corrected chi connectivity index (χ1v) is 9.55. The smallest absolute Gasteiger partial charge is 0.326 e. The standard InChI is InChI=1S/C17H30N6O9/c1-7(25)13(16(30)21-9(17(31)32)3-5-12(20)27)23-15(29)10(6-24)22-14(28)8(18)2-4-11(19)26/h7-10,13,24-25H,2-6,18H2,1H3,(H2,19,26)(H2,20,27)(H,21,30)(H,22,28)(H,23,29)(H,31,32). The van der Waals surface area contributed by atoms with E-state index in [0.717, 1.165) is 6.92 Å². The predicted molar refractivity (Wildman–Crippen MR) is 107 cm³/mol. The quantitative estimate of drug-likeness (QED) is 0.111. The molecule has 0 aromatic carbocycles. The normalized spacial score (nSPS) is 15.4. The number of nitrogens with one attached hydrogen (secondary N) is 3. The summed E-state index contributed by atoms with van der Waals surface area (Å²) >= 11 is 0. The number of nitrogens with two attached hydrogens (primary N) is 3. The predicted octanol–water partition coefficient (Wildman–Crippen LogP) is -5.24. The minimum atomic E-state index is -1.66. The summed E-state index contributed by atoms with van der Waals surface area (Å²) in [6.07, 6.45) is -2.46. The van der Waals surface area contributed by atoms with E-state index in [9.17, 15) is 39.0 Å². The van der Waals surface area contributed by atoms with Crippen LogP contribution in [0.3, 0.4) is 0 Å². The van der Waals surface area contributed by atoms with Gasteiger partial charge in [0.05, 0.1) is 18.8 Å². The van der Waals surface area contributed by atoms with Gasteiger partial charge < -0.3 is 48.5 Å². The van der Waals surface area contributed by atoms with Gasteiger partial charge in [-0.2, -0.15) is 0 Å². The Hall–Kier alpha value is -3.30. The van der Waals surface area contributed by atoms with Crippen molar-refractivity contribution < 1.29 is 44.1 Å². The molecule has 0 aromatic heterocycles. The lowest BCUT2D eigenvalue weighted by Crippen LogP contribution is -2.60. The van der Waals surface area contributed by atoms with Crippen molar-refractivity contribution in [1.29, 1.82) is 0 Å². The van der Waals surface area contributed by atoms with Gasteiger partial charge in [-0.05, 0) is 19.8 Å². The van der Waals surface area contributed by atoms with E-state index in [1.807, 2.05) is 0 Å². The highest BCUT2D eigenvalue weighted by molar-refractivity contribution is 5.94. The molecule has 0 heterocycles. The van der Waals surface area contributed by atoms with Crippen molar-refractivity contribution in [3.8, 4) is 0 Å². The number of carboxylic acids is 1. The number of aliphatic hydroxyl groups is 2. The zero-order valence-corrected chi connectivity index (χ0v) is 17.4. The van der Waals surface area contributed by atoms with Gasteiger partial charge in [0, 0.05) is 12.8 Å². The molecule has 0 aromatic rings. The molecule has 0 aliphatic heterocycles. The molecule has 0 rings (SSSR count). The van der Waals surface area contributed by atoms with Crippen LogP contribution in [0.2, 0.25) is 0 Å². The first-order valence-electron chi connectivity index (χ1n) is 9.55. The average Bonchev–Trinajstić information content (AvgIpc) is 2.69. The number of primary amides is 2. The van der Waals surface area contributed by atoms with Crippen molar-refractivity contribution in [2.75, 3.05) is 6.61 Å². The van der Waals surface area contributed by atoms with Gasteiger partial charge in [-0.25, -0.2) is 4.79 Å². The van der Waals surface area contributed by atoms with E-state index in [-0.39, 0.29) is 25.7 Å². The zero-order valence-electron chi connectivity index (χ0n) is 17.4. The largest absolute Gasteiger partial charge is 0.480 e. The van der Waals surface area contributed by atoms with E-state index in [0.29, 0.717) is 0 Å². The summed E-state index contributed by atoms with van der Waals surface area (Å²) in [4.78, 5) is 69.7. The van der Waals surface area contributed by atoms with Crippen molar-refractivity contribution in [2.24, 2.45) is 17.2 Å². The molecule has 0 aliphatic rings. The Bertz CT molecular complexity index is 715. The van der Waals surface area contributed by atoms with Gasteiger partial charge in [0.1, 0.15) is 18.1 Å². The van der Waals surface area contributed by atoms with Gasteiger partial charge in [-0.3, -0.25) is 24.0 Å². The van der Waals surface area contributed by atoms with Crippen molar-refractivity contribution in [3.05, 3.63) is 0 Å². The summed E-state index contributed by atoms with van der Waals surface area (Å²) in [5.41, 5.74) is 15.5. The van der Waals surface area contributed by atoms with E-state index in [2.05, 4.69) is 16.0 Å². The molecule has 0 saturated heterocycles. The summed E-state index contributed by atoms with van der Waals surface area (Å²) in [5, 5.41) is 34.7. The molecule has 5 unspecified atom stereocenters. The second kappa shape index (κ2) is 13.9. The highest BCUT2D eigenvalue weighted by Crippen LogP contribution is 2.02. The zero-order chi connectivity index (χ0) is 25.0. The maximum atomic E-state index is 12.4. The van der Waals surface area contributed by atoms with Crippen molar-refractivity contribution in [1.82, 2.24) is 16.0 Å². The third-order valence-electron chi connectivity index (χ3n) is 4.21. The molecule has 15 heteroatoms. The molecule has 0 aliphatic carbocycles. The average molecular weight is 462 g/mol. The molecular weight excluding hydrogens is 432 g/mol. The highest BCUT2D eigenvalue weighted by atomic mass is 16.4. The number of rotatable bonds is 15. The van der Waals surface area contributed by atoms with Crippen LogP contribution in [0.4, 0.5) is 0 Å². The molecule has 15 nitrogen and oxygen atoms in total. The Kier molecular flexibility index (Phi) is 12.5. The fourth-order valence-electron chi connectivity index (χ4n) is 2.37. The van der Waals surface area contributed by atoms with Gasteiger partial charge in [-0.15, -0.1) is 0 Å². The lowest BCUT2D eigenvalue weighted by atomic mass is 10.1. The number of carbonyl (C=O) groups is 6. The van der Waals surface area contributed by atoms with Crippen molar-refractivity contribution in [2.45, 2.75) is 62.9 Å². The number of aliphatic hydroxyl groups excluding tert-OH is 2. The molecular formula is C17H30N6O9. The van der Waals surface area contributed by atoms with Crippen LogP contribution in [0.1, 0.15) is 32.6 Å². The topological polar surface area (TPSA) is 277 Å². The van der Waals surface area contributed by atoms with E-state index in [1.54, 1.807) is 0 Å². The van der Waals surface area contributed by atoms with Crippen LogP contribution in [0.5, 0.6) is 0 Å². The molecule has 0 fully saturated rings. The third-order valence-corrected chi connectivity index (χ3v) is 4.21. The lowest BCUT2D eigenvalue weighted by Gasteiger charge is -2.25. The lowest BCUT2D eigenvalue weighted by molar-refractivity contribution is -0.143. The Labute approximate surface area is 183 Å². The second-order valence-electron chi connectivity index (χ2n) is 6.99. The number of hydrogen-bond donors (Lipinski definition) is 9. The first-order chi connectivity index (χ1) is 14.8. The van der Waals surface area contributed by atoms with Crippen molar-refractivity contribution >= 4 is 35.5 Å². The molecule has 0 saturated carbocycles. The molecule has 32 heavy (non-hydrogen) atoms. The van der Waals surface area contributed by atoms with E-state index < -0.39 is 72.4 Å². The van der Waals surface area contributed by atoms with Crippen LogP contribution >= 0.6 is 0 Å². The highest BCUT2D eigenvalue weighted by Gasteiger charge is 2.32. The van der Waals surface area contributed by atoms with Crippen LogP contribution in [0.25, 0.3) is 0 Å². The summed E-state index contributed by atoms with van der Waals surface area (Å²) in [5.74, 6) is -6.00. The van der Waals surface area contributed by atoms with Gasteiger partial charge in [-0.1, -0.05) is 0 Å². The SMILES string of the molecule is CC(O)C(NC(=O)C(CO)NC(=O)C(N)CCC(N)=O)C(=O)NC(CCC(N)=O)C(=O)O. The fraction of sp³-hybridized carbons (Fsp3) is 0.647. The maximum absolute atomic E-state index is 12.4. The molecule has 182 valence electrons. The van der Waals surface area contributed by atoms with Crippen LogP contribution in [0.15, 0.2) is 0 Å². The number of carboxylic acid groups (broad SMARTS) is 1. The summed E-state index contributed by atoms with van der Waals surface area (Å²) < 4.78 is 0. The Balaban J connectivity index is 5.15. The Morgan fingerprint density at radius 2 is 1.31 bits per heavy atom. The molecule has 0 radical (unpaired) electrons. The number of aliphatic carboxylic acids is 1. The summed E-state index contributed by atoms with van der Waals surface area (Å²) in [7, 11) is 0. The minimum Gasteiger partial charge on any atom is -0.480 e.